The summed E-state index contributed by atoms with van der Waals surface area (Å²) in [6.45, 7) is -0.380. The molecule has 0 aliphatic carbocycles. The predicted octanol–water partition coefficient (Wildman–Crippen LogP) is 3.69. The molecule has 2 rings (SSSR count). The van der Waals surface area contributed by atoms with Crippen LogP contribution in [0.4, 0.5) is 4.39 Å². The lowest BCUT2D eigenvalue weighted by atomic mass is 10.1. The molecule has 0 aliphatic heterocycles. The van der Waals surface area contributed by atoms with Crippen LogP contribution >= 0.6 is 23.2 Å². The molecule has 1 heterocycles. The number of benzene rings is 1. The Morgan fingerprint density at radius 3 is 2.29 bits per heavy atom. The van der Waals surface area contributed by atoms with Gasteiger partial charge in [0.05, 0.1) is 12.3 Å². The summed E-state index contributed by atoms with van der Waals surface area (Å²) < 4.78 is 13.4. The molecular formula is C12H8Cl2FNO. The van der Waals surface area contributed by atoms with Crippen LogP contribution in [0.2, 0.25) is 10.0 Å². The second-order valence-electron chi connectivity index (χ2n) is 3.46. The maximum atomic E-state index is 13.4. The largest absolute Gasteiger partial charge is 0.392 e. The third-order valence-electron chi connectivity index (χ3n) is 2.25. The van der Waals surface area contributed by atoms with Crippen molar-refractivity contribution in [2.75, 3.05) is 0 Å². The zero-order chi connectivity index (χ0) is 12.4. The number of aliphatic hydroxyl groups is 1. The SMILES string of the molecule is OCc1ccc(-c2cc(Cl)cc(Cl)c2)nc1F. The van der Waals surface area contributed by atoms with E-state index in [0.717, 1.165) is 0 Å². The van der Waals surface area contributed by atoms with Crippen LogP contribution in [0.25, 0.3) is 11.3 Å². The molecule has 88 valence electrons. The highest BCUT2D eigenvalue weighted by atomic mass is 35.5. The van der Waals surface area contributed by atoms with E-state index < -0.39 is 5.95 Å². The number of hydrogen-bond donors (Lipinski definition) is 1. The summed E-state index contributed by atoms with van der Waals surface area (Å²) in [5.74, 6) is -0.693. The van der Waals surface area contributed by atoms with Crippen LogP contribution in [0.3, 0.4) is 0 Å². The number of aliphatic hydroxyl groups excluding tert-OH is 1. The number of nitrogens with zero attached hydrogens (tertiary/aromatic N) is 1. The van der Waals surface area contributed by atoms with Crippen LogP contribution in [0.1, 0.15) is 5.56 Å². The highest BCUT2D eigenvalue weighted by Gasteiger charge is 2.07. The molecule has 0 bridgehead atoms. The van der Waals surface area contributed by atoms with Crippen LogP contribution in [0, 0.1) is 5.95 Å². The molecule has 0 amide bonds. The second kappa shape index (κ2) is 5.00. The van der Waals surface area contributed by atoms with Gasteiger partial charge in [0.15, 0.2) is 0 Å². The van der Waals surface area contributed by atoms with Gasteiger partial charge >= 0.3 is 0 Å². The van der Waals surface area contributed by atoms with E-state index in [0.29, 0.717) is 21.3 Å². The lowest BCUT2D eigenvalue weighted by Crippen LogP contribution is -1.95. The van der Waals surface area contributed by atoms with E-state index in [-0.39, 0.29) is 12.2 Å². The fourth-order valence-electron chi connectivity index (χ4n) is 1.44. The van der Waals surface area contributed by atoms with E-state index in [1.165, 1.54) is 6.07 Å². The van der Waals surface area contributed by atoms with Gasteiger partial charge in [-0.25, -0.2) is 4.98 Å². The quantitative estimate of drug-likeness (QED) is 0.846. The Labute approximate surface area is 108 Å². The van der Waals surface area contributed by atoms with Crippen molar-refractivity contribution in [1.29, 1.82) is 0 Å². The van der Waals surface area contributed by atoms with Gasteiger partial charge in [0, 0.05) is 21.2 Å². The fourth-order valence-corrected chi connectivity index (χ4v) is 1.97. The van der Waals surface area contributed by atoms with E-state index in [9.17, 15) is 4.39 Å². The topological polar surface area (TPSA) is 33.1 Å². The lowest BCUT2D eigenvalue weighted by Gasteiger charge is -2.05. The van der Waals surface area contributed by atoms with Crippen molar-refractivity contribution >= 4 is 23.2 Å². The molecule has 17 heavy (non-hydrogen) atoms. The predicted molar refractivity (Wildman–Crippen MR) is 65.6 cm³/mol. The highest BCUT2D eigenvalue weighted by Crippen LogP contribution is 2.26. The van der Waals surface area contributed by atoms with Gasteiger partial charge in [-0.2, -0.15) is 4.39 Å². The molecule has 0 atom stereocenters. The van der Waals surface area contributed by atoms with Crippen molar-refractivity contribution in [1.82, 2.24) is 4.98 Å². The van der Waals surface area contributed by atoms with Crippen molar-refractivity contribution in [3.8, 4) is 11.3 Å². The number of halogens is 3. The summed E-state index contributed by atoms with van der Waals surface area (Å²) in [6, 6.07) is 7.97. The normalized spacial score (nSPS) is 10.6. The second-order valence-corrected chi connectivity index (χ2v) is 4.34. The Kier molecular flexibility index (Phi) is 3.62. The first-order chi connectivity index (χ1) is 8.10. The smallest absolute Gasteiger partial charge is 0.218 e. The highest BCUT2D eigenvalue weighted by molar-refractivity contribution is 6.35. The van der Waals surface area contributed by atoms with Crippen LogP contribution in [0.15, 0.2) is 30.3 Å². The number of pyridine rings is 1. The molecule has 2 aromatic rings. The molecule has 0 radical (unpaired) electrons. The Morgan fingerprint density at radius 2 is 1.76 bits per heavy atom. The van der Waals surface area contributed by atoms with Gasteiger partial charge < -0.3 is 5.11 Å². The molecule has 0 saturated heterocycles. The lowest BCUT2D eigenvalue weighted by molar-refractivity contribution is 0.274. The minimum absolute atomic E-state index is 0.155. The van der Waals surface area contributed by atoms with Gasteiger partial charge in [-0.15, -0.1) is 0 Å². The van der Waals surface area contributed by atoms with Gasteiger partial charge in [0.25, 0.3) is 0 Å². The minimum atomic E-state index is -0.693. The zero-order valence-electron chi connectivity index (χ0n) is 8.62. The molecule has 1 N–H and O–H groups in total. The van der Waals surface area contributed by atoms with Crippen molar-refractivity contribution in [3.05, 3.63) is 51.9 Å². The molecule has 0 fully saturated rings. The van der Waals surface area contributed by atoms with Crippen molar-refractivity contribution < 1.29 is 9.50 Å². The van der Waals surface area contributed by atoms with E-state index in [2.05, 4.69) is 4.98 Å². The average molecular weight is 272 g/mol. The molecule has 0 unspecified atom stereocenters. The van der Waals surface area contributed by atoms with E-state index >= 15 is 0 Å². The Hall–Kier alpha value is -1.16. The van der Waals surface area contributed by atoms with Gasteiger partial charge in [-0.3, -0.25) is 0 Å². The maximum Gasteiger partial charge on any atom is 0.218 e. The Balaban J connectivity index is 2.49. The summed E-state index contributed by atoms with van der Waals surface area (Å²) >= 11 is 11.7. The van der Waals surface area contributed by atoms with E-state index in [1.54, 1.807) is 24.3 Å². The van der Waals surface area contributed by atoms with Crippen molar-refractivity contribution in [2.45, 2.75) is 6.61 Å². The number of hydrogen-bond acceptors (Lipinski definition) is 2. The van der Waals surface area contributed by atoms with Crippen molar-refractivity contribution in [2.24, 2.45) is 0 Å². The molecule has 2 nitrogen and oxygen atoms in total. The van der Waals surface area contributed by atoms with Gasteiger partial charge in [0.1, 0.15) is 0 Å². The monoisotopic (exact) mass is 271 g/mol. The zero-order valence-corrected chi connectivity index (χ0v) is 10.1. The molecule has 1 aromatic heterocycles. The average Bonchev–Trinajstić information content (AvgIpc) is 2.27. The van der Waals surface area contributed by atoms with Crippen LogP contribution < -0.4 is 0 Å². The first-order valence-corrected chi connectivity index (χ1v) is 5.58. The fraction of sp³-hybridized carbons (Fsp3) is 0.0833. The van der Waals surface area contributed by atoms with Gasteiger partial charge in [0.2, 0.25) is 5.95 Å². The van der Waals surface area contributed by atoms with Gasteiger partial charge in [-0.1, -0.05) is 23.2 Å². The summed E-state index contributed by atoms with van der Waals surface area (Å²) in [4.78, 5) is 3.75. The number of aromatic nitrogens is 1. The Bertz CT molecular complexity index is 540. The third-order valence-corrected chi connectivity index (χ3v) is 2.69. The molecule has 5 heteroatoms. The first kappa shape index (κ1) is 12.3. The standard InChI is InChI=1S/C12H8Cl2FNO/c13-9-3-8(4-10(14)5-9)11-2-1-7(6-17)12(15)16-11/h1-5,17H,6H2. The van der Waals surface area contributed by atoms with Crippen molar-refractivity contribution in [3.63, 3.8) is 0 Å². The maximum absolute atomic E-state index is 13.4. The summed E-state index contributed by atoms with van der Waals surface area (Å²) in [7, 11) is 0. The molecular weight excluding hydrogens is 264 g/mol. The molecule has 0 saturated carbocycles. The number of rotatable bonds is 2. The van der Waals surface area contributed by atoms with E-state index in [1.807, 2.05) is 0 Å². The molecule has 1 aromatic carbocycles. The minimum Gasteiger partial charge on any atom is -0.392 e. The first-order valence-electron chi connectivity index (χ1n) is 4.83. The Morgan fingerprint density at radius 1 is 1.12 bits per heavy atom. The van der Waals surface area contributed by atoms with Crippen LogP contribution in [-0.2, 0) is 6.61 Å². The molecule has 0 aliphatic rings. The molecule has 0 spiro atoms. The van der Waals surface area contributed by atoms with Gasteiger partial charge in [-0.05, 0) is 30.3 Å². The summed E-state index contributed by atoms with van der Waals surface area (Å²) in [5, 5.41) is 9.76. The van der Waals surface area contributed by atoms with Crippen LogP contribution in [0.5, 0.6) is 0 Å². The van der Waals surface area contributed by atoms with Crippen LogP contribution in [-0.4, -0.2) is 10.1 Å². The third kappa shape index (κ3) is 2.75. The summed E-state index contributed by atoms with van der Waals surface area (Å²) in [6.07, 6.45) is 0. The van der Waals surface area contributed by atoms with E-state index in [4.69, 9.17) is 28.3 Å². The summed E-state index contributed by atoms with van der Waals surface area (Å²) in [5.41, 5.74) is 1.21.